The van der Waals surface area contributed by atoms with Crippen LogP contribution in [0.3, 0.4) is 0 Å². The lowest BCUT2D eigenvalue weighted by Crippen LogP contribution is -2.24. The number of rotatable bonds is 4. The average Bonchev–Trinajstić information content (AvgIpc) is 2.45. The smallest absolute Gasteiger partial charge is 0.244 e. The van der Waals surface area contributed by atoms with Gasteiger partial charge in [-0.2, -0.15) is 0 Å². The Bertz CT molecular complexity index is 662. The van der Waals surface area contributed by atoms with Gasteiger partial charge in [0.15, 0.2) is 0 Å². The molecule has 0 saturated carbocycles. The van der Waals surface area contributed by atoms with Crippen molar-refractivity contribution in [3.8, 4) is 0 Å². The number of nitrogen functional groups attached to an aromatic ring is 1. The largest absolute Gasteiger partial charge is 0.399 e. The van der Waals surface area contributed by atoms with E-state index in [1.165, 1.54) is 11.6 Å². The van der Waals surface area contributed by atoms with E-state index in [1.807, 2.05) is 56.3 Å². The molecule has 0 aliphatic rings. The number of carbonyl (C=O) groups excluding carboxylic acids is 1. The fourth-order valence-electron chi connectivity index (χ4n) is 2.12. The monoisotopic (exact) mass is 280 g/mol. The molecule has 0 aliphatic carbocycles. The Hall–Kier alpha value is -2.55. The Kier molecular flexibility index (Phi) is 4.77. The van der Waals surface area contributed by atoms with Crippen LogP contribution in [-0.2, 0) is 4.79 Å². The highest BCUT2D eigenvalue weighted by molar-refractivity contribution is 5.92. The van der Waals surface area contributed by atoms with Crippen molar-refractivity contribution in [3.05, 3.63) is 71.3 Å². The molecule has 3 nitrogen and oxygen atoms in total. The standard InChI is InChI=1S/C18H20N2O/c1-13-5-3-7-16(11-13)14(2)20-18(21)10-9-15-6-4-8-17(19)12-15/h3-12,14H,19H2,1-2H3,(H,20,21)/b10-9+/t14-/m1/s1. The third-order valence-electron chi connectivity index (χ3n) is 3.24. The summed E-state index contributed by atoms with van der Waals surface area (Å²) in [6, 6.07) is 15.5. The quantitative estimate of drug-likeness (QED) is 0.665. The lowest BCUT2D eigenvalue weighted by molar-refractivity contribution is -0.117. The van der Waals surface area contributed by atoms with Gasteiger partial charge in [-0.3, -0.25) is 4.79 Å². The van der Waals surface area contributed by atoms with Crippen LogP contribution < -0.4 is 11.1 Å². The zero-order valence-corrected chi connectivity index (χ0v) is 12.3. The van der Waals surface area contributed by atoms with Gasteiger partial charge in [0.1, 0.15) is 0 Å². The summed E-state index contributed by atoms with van der Waals surface area (Å²) in [6.45, 7) is 4.01. The summed E-state index contributed by atoms with van der Waals surface area (Å²) in [7, 11) is 0. The minimum atomic E-state index is -0.119. The first-order valence-corrected chi connectivity index (χ1v) is 6.95. The number of hydrogen-bond acceptors (Lipinski definition) is 2. The van der Waals surface area contributed by atoms with E-state index in [9.17, 15) is 4.79 Å². The van der Waals surface area contributed by atoms with Gasteiger partial charge in [-0.25, -0.2) is 0 Å². The molecule has 21 heavy (non-hydrogen) atoms. The Morgan fingerprint density at radius 2 is 1.95 bits per heavy atom. The molecule has 0 heterocycles. The third kappa shape index (κ3) is 4.49. The van der Waals surface area contributed by atoms with Crippen molar-refractivity contribution in [2.24, 2.45) is 0 Å². The maximum Gasteiger partial charge on any atom is 0.244 e. The summed E-state index contributed by atoms with van der Waals surface area (Å²) in [6.07, 6.45) is 3.29. The molecule has 0 bridgehead atoms. The second-order valence-corrected chi connectivity index (χ2v) is 5.15. The van der Waals surface area contributed by atoms with Crippen LogP contribution >= 0.6 is 0 Å². The molecule has 1 atom stereocenters. The lowest BCUT2D eigenvalue weighted by atomic mass is 10.1. The first-order valence-electron chi connectivity index (χ1n) is 6.95. The highest BCUT2D eigenvalue weighted by atomic mass is 16.1. The van der Waals surface area contributed by atoms with Crippen LogP contribution in [0.5, 0.6) is 0 Å². The van der Waals surface area contributed by atoms with E-state index in [1.54, 1.807) is 6.08 Å². The molecule has 0 saturated heterocycles. The Morgan fingerprint density at radius 3 is 2.67 bits per heavy atom. The molecule has 0 aliphatic heterocycles. The Morgan fingerprint density at radius 1 is 1.19 bits per heavy atom. The van der Waals surface area contributed by atoms with Crippen molar-refractivity contribution in [1.82, 2.24) is 5.32 Å². The first kappa shape index (κ1) is 14.9. The van der Waals surface area contributed by atoms with Crippen molar-refractivity contribution in [2.75, 3.05) is 5.73 Å². The van der Waals surface area contributed by atoms with Crippen molar-refractivity contribution >= 4 is 17.7 Å². The number of aryl methyl sites for hydroxylation is 1. The minimum absolute atomic E-state index is 0.0251. The van der Waals surface area contributed by atoms with Gasteiger partial charge in [0.05, 0.1) is 6.04 Å². The number of hydrogen-bond donors (Lipinski definition) is 2. The van der Waals surface area contributed by atoms with Gasteiger partial charge < -0.3 is 11.1 Å². The molecule has 2 aromatic rings. The normalized spacial score (nSPS) is 12.3. The predicted molar refractivity (Wildman–Crippen MR) is 87.6 cm³/mol. The van der Waals surface area contributed by atoms with Crippen molar-refractivity contribution in [3.63, 3.8) is 0 Å². The number of nitrogens with two attached hydrogens (primary N) is 1. The van der Waals surface area contributed by atoms with Crippen LogP contribution in [0.4, 0.5) is 5.69 Å². The van der Waals surface area contributed by atoms with E-state index in [-0.39, 0.29) is 11.9 Å². The van der Waals surface area contributed by atoms with E-state index in [2.05, 4.69) is 11.4 Å². The zero-order valence-electron chi connectivity index (χ0n) is 12.3. The van der Waals surface area contributed by atoms with Crippen LogP contribution in [0.1, 0.15) is 29.7 Å². The van der Waals surface area contributed by atoms with Crippen LogP contribution in [-0.4, -0.2) is 5.91 Å². The molecular weight excluding hydrogens is 260 g/mol. The number of carbonyl (C=O) groups is 1. The van der Waals surface area contributed by atoms with Crippen LogP contribution in [0, 0.1) is 6.92 Å². The minimum Gasteiger partial charge on any atom is -0.399 e. The van der Waals surface area contributed by atoms with E-state index < -0.39 is 0 Å². The Labute approximate surface area is 125 Å². The van der Waals surface area contributed by atoms with Gasteiger partial charge in [-0.1, -0.05) is 42.0 Å². The first-order chi connectivity index (χ1) is 10.0. The number of nitrogens with one attached hydrogen (secondary N) is 1. The number of anilines is 1. The van der Waals surface area contributed by atoms with Gasteiger partial charge in [-0.15, -0.1) is 0 Å². The lowest BCUT2D eigenvalue weighted by Gasteiger charge is -2.13. The molecule has 0 spiro atoms. The Balaban J connectivity index is 1.98. The number of benzene rings is 2. The summed E-state index contributed by atoms with van der Waals surface area (Å²) >= 11 is 0. The topological polar surface area (TPSA) is 55.1 Å². The summed E-state index contributed by atoms with van der Waals surface area (Å²) < 4.78 is 0. The third-order valence-corrected chi connectivity index (χ3v) is 3.24. The fourth-order valence-corrected chi connectivity index (χ4v) is 2.12. The molecule has 0 unspecified atom stereocenters. The molecule has 1 amide bonds. The molecular formula is C18H20N2O. The molecule has 108 valence electrons. The van der Waals surface area contributed by atoms with E-state index in [0.29, 0.717) is 5.69 Å². The second-order valence-electron chi connectivity index (χ2n) is 5.15. The SMILES string of the molecule is Cc1cccc([C@@H](C)NC(=O)/C=C/c2cccc(N)c2)c1. The second kappa shape index (κ2) is 6.75. The van der Waals surface area contributed by atoms with Crippen molar-refractivity contribution < 1.29 is 4.79 Å². The van der Waals surface area contributed by atoms with Gasteiger partial charge in [-0.05, 0) is 43.2 Å². The van der Waals surface area contributed by atoms with Crippen LogP contribution in [0.15, 0.2) is 54.6 Å². The van der Waals surface area contributed by atoms with Crippen LogP contribution in [0.2, 0.25) is 0 Å². The van der Waals surface area contributed by atoms with Crippen LogP contribution in [0.25, 0.3) is 6.08 Å². The average molecular weight is 280 g/mol. The molecule has 0 aromatic heterocycles. The van der Waals surface area contributed by atoms with Gasteiger partial charge >= 0.3 is 0 Å². The highest BCUT2D eigenvalue weighted by Gasteiger charge is 2.07. The molecule has 0 radical (unpaired) electrons. The van der Waals surface area contributed by atoms with E-state index >= 15 is 0 Å². The van der Waals surface area contributed by atoms with Crippen molar-refractivity contribution in [1.29, 1.82) is 0 Å². The van der Waals surface area contributed by atoms with Gasteiger partial charge in [0.2, 0.25) is 5.91 Å². The fraction of sp³-hybridized carbons (Fsp3) is 0.167. The predicted octanol–water partition coefficient (Wildman–Crippen LogP) is 3.47. The highest BCUT2D eigenvalue weighted by Crippen LogP contribution is 2.14. The molecule has 0 fully saturated rings. The summed E-state index contributed by atoms with van der Waals surface area (Å²) in [5.74, 6) is -0.119. The van der Waals surface area contributed by atoms with Crippen molar-refractivity contribution in [2.45, 2.75) is 19.9 Å². The maximum absolute atomic E-state index is 11.9. The molecule has 3 heteroatoms. The zero-order chi connectivity index (χ0) is 15.2. The number of amides is 1. The van der Waals surface area contributed by atoms with E-state index in [0.717, 1.165) is 11.1 Å². The van der Waals surface area contributed by atoms with E-state index in [4.69, 9.17) is 5.73 Å². The van der Waals surface area contributed by atoms with Gasteiger partial charge in [0, 0.05) is 11.8 Å². The maximum atomic E-state index is 11.9. The molecule has 2 rings (SSSR count). The summed E-state index contributed by atoms with van der Waals surface area (Å²) in [5, 5.41) is 2.95. The molecule has 3 N–H and O–H groups in total. The van der Waals surface area contributed by atoms with Gasteiger partial charge in [0.25, 0.3) is 0 Å². The molecule has 2 aromatic carbocycles. The summed E-state index contributed by atoms with van der Waals surface area (Å²) in [5.41, 5.74) is 9.58. The summed E-state index contributed by atoms with van der Waals surface area (Å²) in [4.78, 5) is 11.9.